The summed E-state index contributed by atoms with van der Waals surface area (Å²) in [4.78, 5) is 15.8. The molecule has 0 atom stereocenters. The van der Waals surface area contributed by atoms with Crippen LogP contribution in [-0.4, -0.2) is 28.1 Å². The summed E-state index contributed by atoms with van der Waals surface area (Å²) in [6.45, 7) is 0.300. The Morgan fingerprint density at radius 2 is 2.38 bits per heavy atom. The van der Waals surface area contributed by atoms with E-state index in [4.69, 9.17) is 5.11 Å². The van der Waals surface area contributed by atoms with E-state index in [1.54, 1.807) is 12.1 Å². The molecule has 1 heterocycles. The quantitative estimate of drug-likeness (QED) is 0.810. The van der Waals surface area contributed by atoms with Crippen molar-refractivity contribution < 1.29 is 9.90 Å². The fourth-order valence-corrected chi connectivity index (χ4v) is 1.23. The number of carboxylic acid groups (broad SMARTS) is 1. The highest BCUT2D eigenvalue weighted by Crippen LogP contribution is 2.07. The van der Waals surface area contributed by atoms with Crippen molar-refractivity contribution in [1.29, 1.82) is 0 Å². The van der Waals surface area contributed by atoms with Gasteiger partial charge in [0.25, 0.3) is 0 Å². The van der Waals surface area contributed by atoms with Gasteiger partial charge in [0.1, 0.15) is 4.60 Å². The second kappa shape index (κ2) is 4.23. The summed E-state index contributed by atoms with van der Waals surface area (Å²) in [7, 11) is 1.50. The van der Waals surface area contributed by atoms with Gasteiger partial charge in [-0.2, -0.15) is 0 Å². The van der Waals surface area contributed by atoms with Crippen molar-refractivity contribution in [2.75, 3.05) is 7.05 Å². The van der Waals surface area contributed by atoms with E-state index in [2.05, 4.69) is 20.9 Å². The van der Waals surface area contributed by atoms with Gasteiger partial charge in [-0.05, 0) is 28.1 Å². The minimum atomic E-state index is -0.957. The molecular weight excluding hydrogens is 236 g/mol. The minimum Gasteiger partial charge on any atom is -0.465 e. The van der Waals surface area contributed by atoms with Gasteiger partial charge in [0.05, 0.1) is 12.2 Å². The van der Waals surface area contributed by atoms with Crippen LogP contribution < -0.4 is 0 Å². The Morgan fingerprint density at radius 1 is 1.69 bits per heavy atom. The zero-order valence-electron chi connectivity index (χ0n) is 7.07. The summed E-state index contributed by atoms with van der Waals surface area (Å²) in [6, 6.07) is 5.40. The van der Waals surface area contributed by atoms with Gasteiger partial charge < -0.3 is 10.0 Å². The molecular formula is C8H9BrN2O2. The number of amides is 1. The molecule has 0 bridgehead atoms. The summed E-state index contributed by atoms with van der Waals surface area (Å²) in [5, 5.41) is 8.60. The lowest BCUT2D eigenvalue weighted by Gasteiger charge is -2.11. The maximum Gasteiger partial charge on any atom is 0.407 e. The van der Waals surface area contributed by atoms with Gasteiger partial charge in [-0.3, -0.25) is 0 Å². The molecule has 70 valence electrons. The molecule has 0 aliphatic rings. The van der Waals surface area contributed by atoms with Crippen LogP contribution in [0.5, 0.6) is 0 Å². The lowest BCUT2D eigenvalue weighted by molar-refractivity contribution is 0.153. The smallest absolute Gasteiger partial charge is 0.407 e. The predicted molar refractivity (Wildman–Crippen MR) is 51.4 cm³/mol. The highest BCUT2D eigenvalue weighted by molar-refractivity contribution is 9.10. The van der Waals surface area contributed by atoms with E-state index < -0.39 is 6.09 Å². The van der Waals surface area contributed by atoms with Gasteiger partial charge in [0, 0.05) is 7.05 Å². The van der Waals surface area contributed by atoms with Crippen molar-refractivity contribution in [2.24, 2.45) is 0 Å². The molecule has 0 aliphatic heterocycles. The number of nitrogens with zero attached hydrogens (tertiary/aromatic N) is 2. The molecule has 1 amide bonds. The molecule has 0 saturated heterocycles. The van der Waals surface area contributed by atoms with Crippen molar-refractivity contribution in [3.8, 4) is 0 Å². The molecule has 0 radical (unpaired) electrons. The number of hydrogen-bond donors (Lipinski definition) is 1. The van der Waals surface area contributed by atoms with Crippen LogP contribution in [0.4, 0.5) is 4.79 Å². The fourth-order valence-electron chi connectivity index (χ4n) is 0.849. The van der Waals surface area contributed by atoms with Crippen LogP contribution >= 0.6 is 15.9 Å². The van der Waals surface area contributed by atoms with Crippen molar-refractivity contribution in [3.63, 3.8) is 0 Å². The van der Waals surface area contributed by atoms with E-state index in [1.165, 1.54) is 11.9 Å². The van der Waals surface area contributed by atoms with E-state index in [-0.39, 0.29) is 0 Å². The monoisotopic (exact) mass is 244 g/mol. The number of halogens is 1. The largest absolute Gasteiger partial charge is 0.465 e. The number of hydrogen-bond acceptors (Lipinski definition) is 2. The van der Waals surface area contributed by atoms with E-state index >= 15 is 0 Å². The molecule has 0 aromatic carbocycles. The summed E-state index contributed by atoms with van der Waals surface area (Å²) in [5.74, 6) is 0. The first-order valence-corrected chi connectivity index (χ1v) is 4.44. The topological polar surface area (TPSA) is 53.4 Å². The van der Waals surface area contributed by atoms with Gasteiger partial charge in [0.15, 0.2) is 0 Å². The highest BCUT2D eigenvalue weighted by atomic mass is 79.9. The third-order valence-electron chi connectivity index (χ3n) is 1.50. The van der Waals surface area contributed by atoms with Crippen molar-refractivity contribution in [3.05, 3.63) is 28.5 Å². The zero-order valence-corrected chi connectivity index (χ0v) is 8.65. The van der Waals surface area contributed by atoms with Gasteiger partial charge in [0.2, 0.25) is 0 Å². The van der Waals surface area contributed by atoms with Crippen LogP contribution in [0, 0.1) is 0 Å². The molecule has 1 aromatic rings. The first-order chi connectivity index (χ1) is 6.09. The first kappa shape index (κ1) is 9.98. The summed E-state index contributed by atoms with van der Waals surface area (Å²) in [5.41, 5.74) is 0.722. The number of carbonyl (C=O) groups is 1. The minimum absolute atomic E-state index is 0.300. The van der Waals surface area contributed by atoms with Crippen LogP contribution in [0.3, 0.4) is 0 Å². The lowest BCUT2D eigenvalue weighted by Crippen LogP contribution is -2.24. The van der Waals surface area contributed by atoms with Crippen LogP contribution in [0.15, 0.2) is 22.8 Å². The molecule has 0 spiro atoms. The van der Waals surface area contributed by atoms with Crippen molar-refractivity contribution >= 4 is 22.0 Å². The molecule has 1 rings (SSSR count). The van der Waals surface area contributed by atoms with Gasteiger partial charge in [-0.25, -0.2) is 9.78 Å². The second-order valence-electron chi connectivity index (χ2n) is 2.59. The fraction of sp³-hybridized carbons (Fsp3) is 0.250. The Labute approximate surface area is 84.3 Å². The normalized spacial score (nSPS) is 9.69. The lowest BCUT2D eigenvalue weighted by atomic mass is 10.3. The van der Waals surface area contributed by atoms with E-state index in [0.29, 0.717) is 11.1 Å². The average molecular weight is 245 g/mol. The van der Waals surface area contributed by atoms with E-state index in [0.717, 1.165) is 5.69 Å². The van der Waals surface area contributed by atoms with Crippen LogP contribution in [0.1, 0.15) is 5.69 Å². The molecule has 1 N–H and O–H groups in total. The molecule has 1 aromatic heterocycles. The number of rotatable bonds is 2. The standard InChI is InChI=1S/C8H9BrN2O2/c1-11(8(12)13)5-6-3-2-4-7(9)10-6/h2-4H,5H2,1H3,(H,12,13). The molecule has 5 heteroatoms. The summed E-state index contributed by atoms with van der Waals surface area (Å²) in [6.07, 6.45) is -0.957. The molecule has 0 aliphatic carbocycles. The Kier molecular flexibility index (Phi) is 3.25. The second-order valence-corrected chi connectivity index (χ2v) is 3.40. The Bertz CT molecular complexity index is 317. The molecule has 4 nitrogen and oxygen atoms in total. The third-order valence-corrected chi connectivity index (χ3v) is 1.94. The van der Waals surface area contributed by atoms with E-state index in [1.807, 2.05) is 6.07 Å². The van der Waals surface area contributed by atoms with Crippen molar-refractivity contribution in [1.82, 2.24) is 9.88 Å². The summed E-state index contributed by atoms with van der Waals surface area (Å²) >= 11 is 3.21. The SMILES string of the molecule is CN(Cc1cccc(Br)n1)C(=O)O. The highest BCUT2D eigenvalue weighted by Gasteiger charge is 2.06. The van der Waals surface area contributed by atoms with Crippen LogP contribution in [-0.2, 0) is 6.54 Å². The van der Waals surface area contributed by atoms with Crippen molar-refractivity contribution in [2.45, 2.75) is 6.54 Å². The Balaban J connectivity index is 2.69. The Hall–Kier alpha value is -1.10. The molecule has 0 fully saturated rings. The van der Waals surface area contributed by atoms with Gasteiger partial charge in [-0.15, -0.1) is 0 Å². The molecule has 13 heavy (non-hydrogen) atoms. The first-order valence-electron chi connectivity index (χ1n) is 3.65. The number of aromatic nitrogens is 1. The molecule has 0 unspecified atom stereocenters. The maximum absolute atomic E-state index is 10.5. The summed E-state index contributed by atoms with van der Waals surface area (Å²) < 4.78 is 0.712. The van der Waals surface area contributed by atoms with Gasteiger partial charge >= 0.3 is 6.09 Å². The Morgan fingerprint density at radius 3 is 2.92 bits per heavy atom. The van der Waals surface area contributed by atoms with E-state index in [9.17, 15) is 4.79 Å². The zero-order chi connectivity index (χ0) is 9.84. The average Bonchev–Trinajstić information content (AvgIpc) is 2.04. The van der Waals surface area contributed by atoms with Gasteiger partial charge in [-0.1, -0.05) is 6.07 Å². The molecule has 0 saturated carbocycles. The third kappa shape index (κ3) is 3.02. The van der Waals surface area contributed by atoms with Crippen LogP contribution in [0.25, 0.3) is 0 Å². The maximum atomic E-state index is 10.5. The predicted octanol–water partition coefficient (Wildman–Crippen LogP) is 1.95. The van der Waals surface area contributed by atoms with Crippen LogP contribution in [0.2, 0.25) is 0 Å². The number of pyridine rings is 1.